The molecule has 0 radical (unpaired) electrons. The standard InChI is InChI=1S/C26H25N3O3S2/c1-4-18-28-24-19(3)10-9-13-23(24)33-26(28)27-25(30)20-14-16-22(17-15-20)34(31,32)29(5-2)21-11-7-6-8-12-21/h4,6-17H,1,5,18H2,2-3H3. The van der Waals surface area contributed by atoms with Crippen LogP contribution in [0.5, 0.6) is 0 Å². The van der Waals surface area contributed by atoms with Crippen molar-refractivity contribution >= 4 is 43.2 Å². The normalized spacial score (nSPS) is 12.1. The lowest BCUT2D eigenvalue weighted by Crippen LogP contribution is -2.30. The zero-order valence-electron chi connectivity index (χ0n) is 19.0. The van der Waals surface area contributed by atoms with E-state index >= 15 is 0 Å². The molecular formula is C26H25N3O3S2. The molecule has 0 bridgehead atoms. The summed E-state index contributed by atoms with van der Waals surface area (Å²) in [6.45, 7) is 8.45. The molecule has 0 saturated carbocycles. The number of carbonyl (C=O) groups is 1. The quantitative estimate of drug-likeness (QED) is 0.336. The number of fused-ring (bicyclic) bond motifs is 1. The average molecular weight is 492 g/mol. The summed E-state index contributed by atoms with van der Waals surface area (Å²) in [5.74, 6) is -0.429. The lowest BCUT2D eigenvalue weighted by molar-refractivity contribution is 0.0998. The summed E-state index contributed by atoms with van der Waals surface area (Å²) in [7, 11) is -3.76. The first-order valence-corrected chi connectivity index (χ1v) is 13.1. The van der Waals surface area contributed by atoms with Gasteiger partial charge in [-0.1, -0.05) is 47.7 Å². The highest BCUT2D eigenvalue weighted by Crippen LogP contribution is 2.24. The Morgan fingerprint density at radius 3 is 2.41 bits per heavy atom. The Morgan fingerprint density at radius 2 is 1.76 bits per heavy atom. The molecule has 34 heavy (non-hydrogen) atoms. The van der Waals surface area contributed by atoms with Crippen LogP contribution < -0.4 is 9.11 Å². The second-order valence-electron chi connectivity index (χ2n) is 7.65. The Labute approximate surface area is 203 Å². The van der Waals surface area contributed by atoms with E-state index in [-0.39, 0.29) is 11.4 Å². The van der Waals surface area contributed by atoms with E-state index in [1.54, 1.807) is 37.3 Å². The van der Waals surface area contributed by atoms with Gasteiger partial charge in [-0.15, -0.1) is 6.58 Å². The van der Waals surface area contributed by atoms with Gasteiger partial charge < -0.3 is 4.57 Å². The molecule has 1 amide bonds. The molecule has 8 heteroatoms. The summed E-state index contributed by atoms with van der Waals surface area (Å²) >= 11 is 1.44. The molecule has 0 aliphatic carbocycles. The number of rotatable bonds is 7. The molecule has 0 fully saturated rings. The number of thiazole rings is 1. The number of amides is 1. The van der Waals surface area contributed by atoms with Crippen LogP contribution in [0.1, 0.15) is 22.8 Å². The monoisotopic (exact) mass is 491 g/mol. The fraction of sp³-hybridized carbons (Fsp3) is 0.154. The lowest BCUT2D eigenvalue weighted by atomic mass is 10.2. The fourth-order valence-electron chi connectivity index (χ4n) is 3.82. The van der Waals surface area contributed by atoms with E-state index in [9.17, 15) is 13.2 Å². The Balaban J connectivity index is 1.68. The van der Waals surface area contributed by atoms with Crippen LogP contribution in [0.2, 0.25) is 0 Å². The van der Waals surface area contributed by atoms with Gasteiger partial charge in [0, 0.05) is 18.7 Å². The number of benzene rings is 3. The van der Waals surface area contributed by atoms with Gasteiger partial charge in [-0.25, -0.2) is 8.42 Å². The van der Waals surface area contributed by atoms with Crippen molar-refractivity contribution in [2.75, 3.05) is 10.8 Å². The molecule has 1 heterocycles. The zero-order valence-corrected chi connectivity index (χ0v) is 20.6. The van der Waals surface area contributed by atoms with Crippen molar-refractivity contribution in [1.29, 1.82) is 0 Å². The summed E-state index contributed by atoms with van der Waals surface area (Å²) in [5.41, 5.74) is 3.03. The molecule has 3 aromatic carbocycles. The van der Waals surface area contributed by atoms with Crippen molar-refractivity contribution in [2.24, 2.45) is 4.99 Å². The van der Waals surface area contributed by atoms with Crippen molar-refractivity contribution in [3.8, 4) is 0 Å². The molecule has 0 spiro atoms. The number of para-hydroxylation sites is 2. The van der Waals surface area contributed by atoms with Crippen LogP contribution in [0.25, 0.3) is 10.2 Å². The Morgan fingerprint density at radius 1 is 1.06 bits per heavy atom. The van der Waals surface area contributed by atoms with Crippen LogP contribution in [-0.2, 0) is 16.6 Å². The van der Waals surface area contributed by atoms with Crippen LogP contribution in [0, 0.1) is 6.92 Å². The summed E-state index contributed by atoms with van der Waals surface area (Å²) in [5, 5.41) is 0. The number of nitrogens with zero attached hydrogens (tertiary/aromatic N) is 3. The van der Waals surface area contributed by atoms with Crippen LogP contribution >= 0.6 is 11.3 Å². The van der Waals surface area contributed by atoms with Crippen molar-refractivity contribution in [1.82, 2.24) is 4.57 Å². The Kier molecular flexibility index (Phi) is 6.81. The first-order valence-electron chi connectivity index (χ1n) is 10.8. The van der Waals surface area contributed by atoms with E-state index in [1.807, 2.05) is 35.8 Å². The molecular weight excluding hydrogens is 466 g/mol. The first kappa shape index (κ1) is 23.7. The average Bonchev–Trinajstić information content (AvgIpc) is 3.18. The maximum absolute atomic E-state index is 13.2. The van der Waals surface area contributed by atoms with E-state index in [2.05, 4.69) is 11.6 Å². The second-order valence-corrected chi connectivity index (χ2v) is 10.5. The van der Waals surface area contributed by atoms with Crippen LogP contribution in [0.15, 0.2) is 95.3 Å². The number of hydrogen-bond donors (Lipinski definition) is 0. The van der Waals surface area contributed by atoms with Gasteiger partial charge in [0.05, 0.1) is 20.8 Å². The van der Waals surface area contributed by atoms with Gasteiger partial charge in [-0.2, -0.15) is 4.99 Å². The smallest absolute Gasteiger partial charge is 0.279 e. The van der Waals surface area contributed by atoms with Crippen molar-refractivity contribution in [2.45, 2.75) is 25.3 Å². The largest absolute Gasteiger partial charge is 0.312 e. The maximum Gasteiger partial charge on any atom is 0.279 e. The highest BCUT2D eigenvalue weighted by Gasteiger charge is 2.23. The number of aromatic nitrogens is 1. The van der Waals surface area contributed by atoms with Crippen LogP contribution in [-0.4, -0.2) is 25.4 Å². The third kappa shape index (κ3) is 4.47. The van der Waals surface area contributed by atoms with E-state index in [0.29, 0.717) is 22.6 Å². The topological polar surface area (TPSA) is 71.7 Å². The van der Waals surface area contributed by atoms with Gasteiger partial charge in [0.15, 0.2) is 4.80 Å². The van der Waals surface area contributed by atoms with Crippen molar-refractivity contribution in [3.63, 3.8) is 0 Å². The minimum absolute atomic E-state index is 0.119. The van der Waals surface area contributed by atoms with Gasteiger partial charge in [-0.05, 0) is 61.9 Å². The lowest BCUT2D eigenvalue weighted by Gasteiger charge is -2.22. The fourth-order valence-corrected chi connectivity index (χ4v) is 6.41. The summed E-state index contributed by atoms with van der Waals surface area (Å²) in [6, 6.07) is 20.9. The van der Waals surface area contributed by atoms with Crippen molar-refractivity contribution < 1.29 is 13.2 Å². The van der Waals surface area contributed by atoms with E-state index in [1.165, 1.54) is 39.9 Å². The zero-order chi connectivity index (χ0) is 24.3. The summed E-state index contributed by atoms with van der Waals surface area (Å²) < 4.78 is 30.7. The maximum atomic E-state index is 13.2. The molecule has 0 atom stereocenters. The van der Waals surface area contributed by atoms with Gasteiger partial charge in [0.1, 0.15) is 0 Å². The first-order chi connectivity index (χ1) is 16.4. The number of aryl methyl sites for hydroxylation is 1. The predicted molar refractivity (Wildman–Crippen MR) is 138 cm³/mol. The minimum atomic E-state index is -3.76. The molecule has 174 valence electrons. The number of hydrogen-bond acceptors (Lipinski definition) is 4. The number of anilines is 1. The third-order valence-corrected chi connectivity index (χ3v) is 8.39. The summed E-state index contributed by atoms with van der Waals surface area (Å²) in [4.78, 5) is 18.0. The van der Waals surface area contributed by atoms with Gasteiger partial charge in [-0.3, -0.25) is 9.10 Å². The third-order valence-electron chi connectivity index (χ3n) is 5.43. The molecule has 4 rings (SSSR count). The molecule has 0 aliphatic rings. The molecule has 0 aliphatic heterocycles. The van der Waals surface area contributed by atoms with Crippen LogP contribution in [0.4, 0.5) is 5.69 Å². The number of carbonyl (C=O) groups excluding carboxylic acids is 1. The SMILES string of the molecule is C=CCn1c(=NC(=O)c2ccc(S(=O)(=O)N(CC)c3ccccc3)cc2)sc2cccc(C)c21. The Bertz CT molecular complexity index is 1520. The van der Waals surface area contributed by atoms with Gasteiger partial charge in [0.25, 0.3) is 15.9 Å². The molecule has 1 aromatic heterocycles. The van der Waals surface area contributed by atoms with E-state index in [0.717, 1.165) is 15.8 Å². The number of allylic oxidation sites excluding steroid dienone is 1. The van der Waals surface area contributed by atoms with E-state index < -0.39 is 15.9 Å². The highest BCUT2D eigenvalue weighted by molar-refractivity contribution is 7.92. The van der Waals surface area contributed by atoms with Gasteiger partial charge in [0.2, 0.25) is 0 Å². The molecule has 6 nitrogen and oxygen atoms in total. The van der Waals surface area contributed by atoms with Crippen molar-refractivity contribution in [3.05, 3.63) is 101 Å². The second kappa shape index (κ2) is 9.79. The molecule has 4 aromatic rings. The highest BCUT2D eigenvalue weighted by atomic mass is 32.2. The van der Waals surface area contributed by atoms with E-state index in [4.69, 9.17) is 0 Å². The molecule has 0 N–H and O–H groups in total. The van der Waals surface area contributed by atoms with Gasteiger partial charge >= 0.3 is 0 Å². The minimum Gasteiger partial charge on any atom is -0.312 e. The Hall–Kier alpha value is -3.49. The van der Waals surface area contributed by atoms with Crippen LogP contribution in [0.3, 0.4) is 0 Å². The molecule has 0 unspecified atom stereocenters. The predicted octanol–water partition coefficient (Wildman–Crippen LogP) is 5.15. The summed E-state index contributed by atoms with van der Waals surface area (Å²) in [6.07, 6.45) is 1.77. The number of sulfonamides is 1. The molecule has 0 saturated heterocycles.